The molecule has 0 aliphatic carbocycles. The van der Waals surface area contributed by atoms with E-state index in [4.69, 9.17) is 4.74 Å². The summed E-state index contributed by atoms with van der Waals surface area (Å²) in [6, 6.07) is 30.4. The van der Waals surface area contributed by atoms with Crippen molar-refractivity contribution in [2.24, 2.45) is 0 Å². The standard InChI is InChI=1S/C22H22O2P/c1-2-24-22(23)25(20-14-8-4-9-15-20,21-16-10-5-11-17-21)18-19-12-6-3-7-13-19/h3-17H,2,18H2,1H3/q+1. The highest BCUT2D eigenvalue weighted by Crippen LogP contribution is 2.60. The molecule has 0 saturated heterocycles. The van der Waals surface area contributed by atoms with Gasteiger partial charge in [0.1, 0.15) is 16.8 Å². The van der Waals surface area contributed by atoms with E-state index < -0.39 is 7.26 Å². The topological polar surface area (TPSA) is 26.3 Å². The normalized spacial score (nSPS) is 11.1. The Morgan fingerprint density at radius 2 is 1.20 bits per heavy atom. The first-order valence-corrected chi connectivity index (χ1v) is 10.5. The Morgan fingerprint density at radius 3 is 1.64 bits per heavy atom. The molecule has 3 aromatic rings. The summed E-state index contributed by atoms with van der Waals surface area (Å²) in [6.45, 7) is 2.25. The number of carbonyl (C=O) groups is 1. The second kappa shape index (κ2) is 8.09. The van der Waals surface area contributed by atoms with Gasteiger partial charge in [0.2, 0.25) is 7.26 Å². The van der Waals surface area contributed by atoms with E-state index in [0.717, 1.165) is 16.2 Å². The maximum Gasteiger partial charge on any atom is 0.461 e. The smallest absolute Gasteiger partial charge is 0.436 e. The fourth-order valence-electron chi connectivity index (χ4n) is 3.06. The number of hydrogen-bond donors (Lipinski definition) is 0. The van der Waals surface area contributed by atoms with Crippen molar-refractivity contribution in [3.8, 4) is 0 Å². The van der Waals surface area contributed by atoms with Crippen LogP contribution in [-0.4, -0.2) is 12.3 Å². The van der Waals surface area contributed by atoms with E-state index >= 15 is 0 Å². The average Bonchev–Trinajstić information content (AvgIpc) is 2.68. The Balaban J connectivity index is 2.21. The molecule has 2 nitrogen and oxygen atoms in total. The molecule has 0 aromatic heterocycles. The lowest BCUT2D eigenvalue weighted by atomic mass is 10.2. The van der Waals surface area contributed by atoms with Crippen LogP contribution >= 0.6 is 7.26 Å². The minimum absolute atomic E-state index is 0.101. The summed E-state index contributed by atoms with van der Waals surface area (Å²) < 4.78 is 5.60. The summed E-state index contributed by atoms with van der Waals surface area (Å²) in [5.74, 6) is 0. The minimum atomic E-state index is -2.39. The molecule has 0 radical (unpaired) electrons. The van der Waals surface area contributed by atoms with Crippen molar-refractivity contribution in [3.63, 3.8) is 0 Å². The fourth-order valence-corrected chi connectivity index (χ4v) is 6.75. The van der Waals surface area contributed by atoms with E-state index in [1.54, 1.807) is 0 Å². The van der Waals surface area contributed by atoms with Gasteiger partial charge in [-0.2, -0.15) is 0 Å². The van der Waals surface area contributed by atoms with Gasteiger partial charge in [-0.1, -0.05) is 66.7 Å². The summed E-state index contributed by atoms with van der Waals surface area (Å²) in [5, 5.41) is 2.12. The van der Waals surface area contributed by atoms with Crippen LogP contribution in [0, 0.1) is 0 Å². The van der Waals surface area contributed by atoms with Crippen LogP contribution in [0.4, 0.5) is 4.79 Å². The molecule has 0 unspecified atom stereocenters. The van der Waals surface area contributed by atoms with Crippen LogP contribution in [0.1, 0.15) is 12.5 Å². The van der Waals surface area contributed by atoms with Crippen molar-refractivity contribution in [3.05, 3.63) is 96.6 Å². The summed E-state index contributed by atoms with van der Waals surface area (Å²) in [6.07, 6.45) is 0.667. The predicted molar refractivity (Wildman–Crippen MR) is 106 cm³/mol. The fraction of sp³-hybridized carbons (Fsp3) is 0.136. The predicted octanol–water partition coefficient (Wildman–Crippen LogP) is 5.01. The Morgan fingerprint density at radius 1 is 0.760 bits per heavy atom. The van der Waals surface area contributed by atoms with Crippen LogP contribution in [0.5, 0.6) is 0 Å². The Bertz CT molecular complexity index is 762. The second-order valence-electron chi connectivity index (χ2n) is 5.82. The van der Waals surface area contributed by atoms with Crippen molar-refractivity contribution >= 4 is 23.6 Å². The molecule has 0 atom stereocenters. The SMILES string of the molecule is CCOC(=O)[P+](Cc1ccccc1)(c1ccccc1)c1ccccc1. The number of benzene rings is 3. The van der Waals surface area contributed by atoms with E-state index in [2.05, 4.69) is 36.4 Å². The molecule has 0 aliphatic heterocycles. The molecule has 0 spiro atoms. The highest BCUT2D eigenvalue weighted by molar-refractivity contribution is 8.01. The molecule has 0 bridgehead atoms. The van der Waals surface area contributed by atoms with Gasteiger partial charge in [0.25, 0.3) is 0 Å². The van der Waals surface area contributed by atoms with Gasteiger partial charge >= 0.3 is 5.71 Å². The van der Waals surface area contributed by atoms with Gasteiger partial charge in [0.15, 0.2) is 0 Å². The van der Waals surface area contributed by atoms with Gasteiger partial charge in [-0.25, -0.2) is 4.79 Å². The van der Waals surface area contributed by atoms with Crippen molar-refractivity contribution in [2.75, 3.05) is 6.61 Å². The van der Waals surface area contributed by atoms with Gasteiger partial charge < -0.3 is 4.74 Å². The third kappa shape index (κ3) is 3.65. The highest BCUT2D eigenvalue weighted by atomic mass is 31.2. The molecule has 0 fully saturated rings. The molecule has 0 amide bonds. The van der Waals surface area contributed by atoms with E-state index in [-0.39, 0.29) is 5.71 Å². The molecule has 3 rings (SSSR count). The maximum atomic E-state index is 13.3. The third-order valence-corrected chi connectivity index (χ3v) is 8.19. The molecule has 0 N–H and O–H groups in total. The van der Waals surface area contributed by atoms with Crippen LogP contribution in [0.15, 0.2) is 91.0 Å². The zero-order chi connectivity index (χ0) is 17.5. The van der Waals surface area contributed by atoms with Crippen LogP contribution in [-0.2, 0) is 10.9 Å². The molecular formula is C22H22O2P+. The van der Waals surface area contributed by atoms with Crippen molar-refractivity contribution in [1.82, 2.24) is 0 Å². The Labute approximate surface area is 149 Å². The Kier molecular flexibility index (Phi) is 5.63. The minimum Gasteiger partial charge on any atom is -0.436 e. The van der Waals surface area contributed by atoms with E-state index in [1.165, 1.54) is 0 Å². The highest BCUT2D eigenvalue weighted by Gasteiger charge is 2.53. The first-order valence-electron chi connectivity index (χ1n) is 8.48. The second-order valence-corrected chi connectivity index (χ2v) is 9.16. The third-order valence-electron chi connectivity index (χ3n) is 4.24. The van der Waals surface area contributed by atoms with Gasteiger partial charge in [-0.3, -0.25) is 0 Å². The number of hydrogen-bond acceptors (Lipinski definition) is 2. The van der Waals surface area contributed by atoms with Gasteiger partial charge in [0.05, 0.1) is 6.61 Å². The molecule has 3 heteroatoms. The zero-order valence-electron chi connectivity index (χ0n) is 14.3. The van der Waals surface area contributed by atoms with Crippen molar-refractivity contribution < 1.29 is 9.53 Å². The van der Waals surface area contributed by atoms with Crippen molar-refractivity contribution in [2.45, 2.75) is 13.1 Å². The van der Waals surface area contributed by atoms with Crippen molar-refractivity contribution in [1.29, 1.82) is 0 Å². The maximum absolute atomic E-state index is 13.3. The molecule has 25 heavy (non-hydrogen) atoms. The van der Waals surface area contributed by atoms with E-state index in [1.807, 2.05) is 61.5 Å². The summed E-state index contributed by atoms with van der Waals surface area (Å²) in [5.41, 5.74) is 1.05. The number of carbonyl (C=O) groups excluding carboxylic acids is 1. The van der Waals surface area contributed by atoms with Crippen LogP contribution in [0.2, 0.25) is 0 Å². The average molecular weight is 349 g/mol. The molecule has 0 saturated carbocycles. The van der Waals surface area contributed by atoms with E-state index in [0.29, 0.717) is 12.8 Å². The van der Waals surface area contributed by atoms with Gasteiger partial charge in [-0.15, -0.1) is 0 Å². The molecule has 3 aromatic carbocycles. The quantitative estimate of drug-likeness (QED) is 0.585. The van der Waals surface area contributed by atoms with Crippen LogP contribution in [0.3, 0.4) is 0 Å². The first-order chi connectivity index (χ1) is 12.3. The lowest BCUT2D eigenvalue weighted by Crippen LogP contribution is -2.30. The Hall–Kier alpha value is -2.44. The monoisotopic (exact) mass is 349 g/mol. The molecular weight excluding hydrogens is 327 g/mol. The number of rotatable bonds is 6. The van der Waals surface area contributed by atoms with Crippen LogP contribution in [0.25, 0.3) is 0 Å². The first kappa shape index (κ1) is 17.4. The molecule has 0 heterocycles. The summed E-state index contributed by atoms with van der Waals surface area (Å²) in [4.78, 5) is 13.3. The number of ether oxygens (including phenoxy) is 1. The lowest BCUT2D eigenvalue weighted by Gasteiger charge is -2.24. The summed E-state index contributed by atoms with van der Waals surface area (Å²) in [7, 11) is -2.39. The van der Waals surface area contributed by atoms with Crippen LogP contribution < -0.4 is 10.6 Å². The summed E-state index contributed by atoms with van der Waals surface area (Å²) >= 11 is 0. The van der Waals surface area contributed by atoms with E-state index in [9.17, 15) is 4.79 Å². The largest absolute Gasteiger partial charge is 0.461 e. The lowest BCUT2D eigenvalue weighted by molar-refractivity contribution is 0.180. The molecule has 126 valence electrons. The zero-order valence-corrected chi connectivity index (χ0v) is 15.2. The van der Waals surface area contributed by atoms with Gasteiger partial charge in [0, 0.05) is 0 Å². The molecule has 0 aliphatic rings. The van der Waals surface area contributed by atoms with Gasteiger partial charge in [-0.05, 0) is 36.8 Å².